The van der Waals surface area contributed by atoms with Crippen LogP contribution in [-0.4, -0.2) is 33.0 Å². The maximum atomic E-state index is 5.72. The molecule has 0 radical (unpaired) electrons. The fourth-order valence-corrected chi connectivity index (χ4v) is 2.09. The number of hydrogen-bond acceptors (Lipinski definition) is 7. The largest absolute Gasteiger partial charge is 0.422 e. The van der Waals surface area contributed by atoms with Gasteiger partial charge in [-0.25, -0.2) is 0 Å². The number of nitrogens with zero attached hydrogens (tertiary/aromatic N) is 5. The van der Waals surface area contributed by atoms with E-state index in [1.54, 1.807) is 6.20 Å². The number of pyridine rings is 1. The van der Waals surface area contributed by atoms with Crippen LogP contribution in [0.1, 0.15) is 18.5 Å². The van der Waals surface area contributed by atoms with E-state index in [0.717, 1.165) is 31.6 Å². The van der Waals surface area contributed by atoms with Crippen LogP contribution < -0.4 is 15.4 Å². The molecule has 7 heteroatoms. The maximum Gasteiger partial charge on any atom is 0.328 e. The summed E-state index contributed by atoms with van der Waals surface area (Å²) in [5, 5.41) is 0. The van der Waals surface area contributed by atoms with E-state index in [4.69, 9.17) is 10.5 Å². The molecule has 2 aromatic rings. The molecule has 1 aliphatic rings. The minimum Gasteiger partial charge on any atom is -0.422 e. The van der Waals surface area contributed by atoms with Gasteiger partial charge in [0, 0.05) is 18.8 Å². The van der Waals surface area contributed by atoms with Crippen LogP contribution in [0.25, 0.3) is 0 Å². The molecular formula is C13H16N6O. The third-order valence-electron chi connectivity index (χ3n) is 3.10. The summed E-state index contributed by atoms with van der Waals surface area (Å²) in [6.07, 6.45) is 3.91. The first-order valence-electron chi connectivity index (χ1n) is 6.58. The van der Waals surface area contributed by atoms with Crippen molar-refractivity contribution in [3.8, 4) is 11.8 Å². The van der Waals surface area contributed by atoms with Crippen molar-refractivity contribution in [2.24, 2.45) is 0 Å². The normalized spacial score (nSPS) is 14.6. The molecular weight excluding hydrogens is 256 g/mol. The molecule has 1 fully saturated rings. The number of nitrogen functional groups attached to an aromatic ring is 1. The molecule has 2 N–H and O–H groups in total. The number of aryl methyl sites for hydroxylation is 1. The lowest BCUT2D eigenvalue weighted by atomic mass is 10.4. The molecule has 0 atom stereocenters. The van der Waals surface area contributed by atoms with Crippen LogP contribution in [-0.2, 0) is 0 Å². The van der Waals surface area contributed by atoms with E-state index in [0.29, 0.717) is 11.7 Å². The molecule has 20 heavy (non-hydrogen) atoms. The lowest BCUT2D eigenvalue weighted by Gasteiger charge is -2.15. The molecule has 0 aromatic carbocycles. The Hall–Kier alpha value is -2.44. The van der Waals surface area contributed by atoms with Crippen molar-refractivity contribution >= 4 is 11.9 Å². The highest BCUT2D eigenvalue weighted by Crippen LogP contribution is 2.21. The zero-order valence-electron chi connectivity index (χ0n) is 11.3. The van der Waals surface area contributed by atoms with Crippen LogP contribution in [0.5, 0.6) is 11.8 Å². The van der Waals surface area contributed by atoms with E-state index in [9.17, 15) is 0 Å². The van der Waals surface area contributed by atoms with Gasteiger partial charge in [-0.2, -0.15) is 15.0 Å². The molecule has 0 amide bonds. The highest BCUT2D eigenvalue weighted by Gasteiger charge is 2.17. The maximum absolute atomic E-state index is 5.72. The molecule has 3 rings (SSSR count). The molecule has 0 bridgehead atoms. The van der Waals surface area contributed by atoms with Gasteiger partial charge in [0.15, 0.2) is 0 Å². The first kappa shape index (κ1) is 12.6. The lowest BCUT2D eigenvalue weighted by molar-refractivity contribution is 0.438. The number of aromatic nitrogens is 4. The number of ether oxygens (including phenoxy) is 1. The Labute approximate surface area is 116 Å². The minimum absolute atomic E-state index is 0.164. The summed E-state index contributed by atoms with van der Waals surface area (Å²) in [6, 6.07) is 3.88. The Morgan fingerprint density at radius 2 is 1.95 bits per heavy atom. The molecule has 7 nitrogen and oxygen atoms in total. The molecule has 0 unspecified atom stereocenters. The SMILES string of the molecule is Cc1ccc(Oc2nc(N)nc(N3CCCC3)n2)cn1. The number of anilines is 2. The van der Waals surface area contributed by atoms with Crippen molar-refractivity contribution in [1.82, 2.24) is 19.9 Å². The summed E-state index contributed by atoms with van der Waals surface area (Å²) in [5.74, 6) is 1.32. The van der Waals surface area contributed by atoms with Crippen LogP contribution >= 0.6 is 0 Å². The first-order valence-corrected chi connectivity index (χ1v) is 6.58. The standard InChI is InChI=1S/C13H16N6O/c1-9-4-5-10(8-15-9)20-13-17-11(14)16-12(18-13)19-6-2-3-7-19/h4-5,8H,2-3,6-7H2,1H3,(H2,14,16,17,18). The Morgan fingerprint density at radius 1 is 1.15 bits per heavy atom. The third-order valence-corrected chi connectivity index (χ3v) is 3.10. The van der Waals surface area contributed by atoms with Crippen LogP contribution in [0.3, 0.4) is 0 Å². The molecule has 104 valence electrons. The summed E-state index contributed by atoms with van der Waals surface area (Å²) in [6.45, 7) is 3.79. The van der Waals surface area contributed by atoms with E-state index in [1.807, 2.05) is 19.1 Å². The van der Waals surface area contributed by atoms with Crippen LogP contribution in [0.4, 0.5) is 11.9 Å². The van der Waals surface area contributed by atoms with Crippen molar-refractivity contribution in [2.75, 3.05) is 23.7 Å². The monoisotopic (exact) mass is 272 g/mol. The Balaban J connectivity index is 1.83. The number of hydrogen-bond donors (Lipinski definition) is 1. The summed E-state index contributed by atoms with van der Waals surface area (Å²) < 4.78 is 5.58. The highest BCUT2D eigenvalue weighted by atomic mass is 16.5. The van der Waals surface area contributed by atoms with E-state index in [-0.39, 0.29) is 12.0 Å². The molecule has 1 aliphatic heterocycles. The van der Waals surface area contributed by atoms with E-state index >= 15 is 0 Å². The molecule has 2 aromatic heterocycles. The van der Waals surface area contributed by atoms with Gasteiger partial charge >= 0.3 is 6.01 Å². The quantitative estimate of drug-likeness (QED) is 0.906. The van der Waals surface area contributed by atoms with E-state index in [1.165, 1.54) is 0 Å². The minimum atomic E-state index is 0.164. The van der Waals surface area contributed by atoms with Crippen molar-refractivity contribution < 1.29 is 4.74 Å². The van der Waals surface area contributed by atoms with Crippen molar-refractivity contribution in [3.63, 3.8) is 0 Å². The van der Waals surface area contributed by atoms with Crippen LogP contribution in [0.2, 0.25) is 0 Å². The average molecular weight is 272 g/mol. The van der Waals surface area contributed by atoms with Gasteiger partial charge in [-0.1, -0.05) is 0 Å². The summed E-state index contributed by atoms with van der Waals surface area (Å²) >= 11 is 0. The number of rotatable bonds is 3. The average Bonchev–Trinajstić information content (AvgIpc) is 2.95. The fraction of sp³-hybridized carbons (Fsp3) is 0.385. The van der Waals surface area contributed by atoms with Gasteiger partial charge < -0.3 is 15.4 Å². The van der Waals surface area contributed by atoms with Crippen molar-refractivity contribution in [3.05, 3.63) is 24.0 Å². The fourth-order valence-electron chi connectivity index (χ4n) is 2.09. The van der Waals surface area contributed by atoms with Gasteiger partial charge in [-0.05, 0) is 31.9 Å². The van der Waals surface area contributed by atoms with Gasteiger partial charge in [0.05, 0.1) is 6.20 Å². The van der Waals surface area contributed by atoms with Crippen molar-refractivity contribution in [1.29, 1.82) is 0 Å². The molecule has 0 spiro atoms. The van der Waals surface area contributed by atoms with Gasteiger partial charge in [0.2, 0.25) is 11.9 Å². The predicted octanol–water partition coefficient (Wildman–Crippen LogP) is 1.55. The molecule has 1 saturated heterocycles. The Morgan fingerprint density at radius 3 is 2.65 bits per heavy atom. The Kier molecular flexibility index (Phi) is 3.32. The zero-order valence-corrected chi connectivity index (χ0v) is 11.3. The van der Waals surface area contributed by atoms with Crippen LogP contribution in [0.15, 0.2) is 18.3 Å². The second-order valence-electron chi connectivity index (χ2n) is 4.71. The molecule has 3 heterocycles. The topological polar surface area (TPSA) is 90.0 Å². The second-order valence-corrected chi connectivity index (χ2v) is 4.71. The first-order chi connectivity index (χ1) is 9.70. The van der Waals surface area contributed by atoms with E-state index < -0.39 is 0 Å². The summed E-state index contributed by atoms with van der Waals surface area (Å²) in [5.41, 5.74) is 6.64. The smallest absolute Gasteiger partial charge is 0.328 e. The number of nitrogens with two attached hydrogens (primary N) is 1. The Bertz CT molecular complexity index is 594. The molecule has 0 aliphatic carbocycles. The van der Waals surface area contributed by atoms with Gasteiger partial charge in [-0.15, -0.1) is 0 Å². The van der Waals surface area contributed by atoms with Crippen LogP contribution in [0, 0.1) is 6.92 Å². The van der Waals surface area contributed by atoms with Crippen molar-refractivity contribution in [2.45, 2.75) is 19.8 Å². The summed E-state index contributed by atoms with van der Waals surface area (Å²) in [4.78, 5) is 18.7. The van der Waals surface area contributed by atoms with Gasteiger partial charge in [-0.3, -0.25) is 4.98 Å². The summed E-state index contributed by atoms with van der Waals surface area (Å²) in [7, 11) is 0. The zero-order chi connectivity index (χ0) is 13.9. The van der Waals surface area contributed by atoms with Gasteiger partial charge in [0.1, 0.15) is 5.75 Å². The second kappa shape index (κ2) is 5.28. The van der Waals surface area contributed by atoms with E-state index in [2.05, 4.69) is 24.8 Å². The highest BCUT2D eigenvalue weighted by molar-refractivity contribution is 5.37. The van der Waals surface area contributed by atoms with Gasteiger partial charge in [0.25, 0.3) is 0 Å². The lowest BCUT2D eigenvalue weighted by Crippen LogP contribution is -2.21. The third kappa shape index (κ3) is 2.76. The molecule has 0 saturated carbocycles. The predicted molar refractivity (Wildman–Crippen MR) is 74.7 cm³/mol.